The van der Waals surface area contributed by atoms with Gasteiger partial charge in [-0.05, 0) is 42.4 Å². The molecule has 0 atom stereocenters. The van der Waals surface area contributed by atoms with Gasteiger partial charge in [0.25, 0.3) is 0 Å². The van der Waals surface area contributed by atoms with E-state index in [4.69, 9.17) is 0 Å². The molecular formula is C21H27N3O4S. The smallest absolute Gasteiger partial charge is 0.337 e. The third-order valence-corrected chi connectivity index (χ3v) is 6.33. The fraction of sp³-hybridized carbons (Fsp3) is 0.381. The number of sulfonamides is 1. The highest BCUT2D eigenvalue weighted by Gasteiger charge is 2.15. The van der Waals surface area contributed by atoms with Gasteiger partial charge in [-0.2, -0.15) is 0 Å². The van der Waals surface area contributed by atoms with E-state index < -0.39 is 16.0 Å². The molecule has 0 radical (unpaired) electrons. The van der Waals surface area contributed by atoms with Crippen LogP contribution in [-0.2, 0) is 27.1 Å². The zero-order valence-corrected chi connectivity index (χ0v) is 17.6. The third-order valence-electron chi connectivity index (χ3n) is 5.03. The molecule has 0 saturated carbocycles. The first-order valence-electron chi connectivity index (χ1n) is 9.53. The summed E-state index contributed by atoms with van der Waals surface area (Å²) >= 11 is 0. The van der Waals surface area contributed by atoms with Crippen molar-refractivity contribution in [1.29, 1.82) is 0 Å². The number of ether oxygens (including phenoxy) is 1. The number of esters is 1. The van der Waals surface area contributed by atoms with Gasteiger partial charge in [0.1, 0.15) is 0 Å². The lowest BCUT2D eigenvalue weighted by atomic mass is 10.1. The van der Waals surface area contributed by atoms with Crippen LogP contribution in [0.3, 0.4) is 0 Å². The number of hydrogen-bond acceptors (Lipinski definition) is 6. The largest absolute Gasteiger partial charge is 0.465 e. The highest BCUT2D eigenvalue weighted by Crippen LogP contribution is 2.17. The number of carbonyl (C=O) groups excluding carboxylic acids is 1. The first-order valence-corrected chi connectivity index (χ1v) is 11.2. The number of rotatable bonds is 7. The number of anilines is 1. The number of methoxy groups -OCH3 is 1. The molecule has 8 heteroatoms. The Labute approximate surface area is 172 Å². The number of carbonyl (C=O) groups is 1. The fourth-order valence-corrected chi connectivity index (χ4v) is 4.33. The summed E-state index contributed by atoms with van der Waals surface area (Å²) in [4.78, 5) is 16.1. The van der Waals surface area contributed by atoms with E-state index in [-0.39, 0.29) is 12.3 Å². The van der Waals surface area contributed by atoms with E-state index in [0.29, 0.717) is 11.1 Å². The molecule has 1 saturated heterocycles. The molecule has 0 aromatic heterocycles. The molecule has 2 aromatic rings. The lowest BCUT2D eigenvalue weighted by Crippen LogP contribution is -2.44. The van der Waals surface area contributed by atoms with Gasteiger partial charge in [0.15, 0.2) is 0 Å². The highest BCUT2D eigenvalue weighted by molar-refractivity contribution is 7.88. The molecule has 1 N–H and O–H groups in total. The summed E-state index contributed by atoms with van der Waals surface area (Å²) in [5.74, 6) is -0.592. The van der Waals surface area contributed by atoms with Crippen molar-refractivity contribution in [2.75, 3.05) is 45.2 Å². The van der Waals surface area contributed by atoms with Gasteiger partial charge < -0.3 is 14.5 Å². The summed E-state index contributed by atoms with van der Waals surface area (Å²) in [5.41, 5.74) is 3.07. The van der Waals surface area contributed by atoms with Gasteiger partial charge >= 0.3 is 5.97 Å². The number of nitrogens with one attached hydrogen (secondary N) is 1. The van der Waals surface area contributed by atoms with Crippen molar-refractivity contribution in [2.24, 2.45) is 0 Å². The molecular weight excluding hydrogens is 390 g/mol. The average Bonchev–Trinajstić information content (AvgIpc) is 2.73. The fourth-order valence-electron chi connectivity index (χ4n) is 3.21. The van der Waals surface area contributed by atoms with E-state index in [1.54, 1.807) is 24.3 Å². The van der Waals surface area contributed by atoms with Crippen LogP contribution in [0.5, 0.6) is 0 Å². The van der Waals surface area contributed by atoms with Crippen LogP contribution in [0.25, 0.3) is 0 Å². The van der Waals surface area contributed by atoms with Crippen LogP contribution in [-0.4, -0.2) is 59.6 Å². The van der Waals surface area contributed by atoms with Gasteiger partial charge in [0, 0.05) is 38.4 Å². The molecule has 2 aromatic carbocycles. The maximum absolute atomic E-state index is 12.4. The minimum atomic E-state index is -3.49. The quantitative estimate of drug-likeness (QED) is 0.693. The van der Waals surface area contributed by atoms with Crippen molar-refractivity contribution in [1.82, 2.24) is 9.62 Å². The topological polar surface area (TPSA) is 78.9 Å². The van der Waals surface area contributed by atoms with Gasteiger partial charge in [-0.25, -0.2) is 17.9 Å². The SMILES string of the molecule is COC(=O)c1ccc(CS(=O)(=O)NCc2ccc(N3CCN(C)CC3)cc2)cc1. The standard InChI is InChI=1S/C21H27N3O4S/c1-23-11-13-24(14-12-23)20-9-5-17(6-10-20)15-22-29(26,27)16-18-3-7-19(8-4-18)21(25)28-2/h3-10,22H,11-16H2,1-2H3. The van der Waals surface area contributed by atoms with Crippen LogP contribution in [0.1, 0.15) is 21.5 Å². The van der Waals surface area contributed by atoms with Gasteiger partial charge in [0.05, 0.1) is 18.4 Å². The zero-order chi connectivity index (χ0) is 20.9. The van der Waals surface area contributed by atoms with Crippen LogP contribution >= 0.6 is 0 Å². The molecule has 1 aliphatic heterocycles. The van der Waals surface area contributed by atoms with Crippen molar-refractivity contribution in [3.63, 3.8) is 0 Å². The van der Waals surface area contributed by atoms with Gasteiger partial charge in [-0.3, -0.25) is 0 Å². The predicted molar refractivity (Wildman–Crippen MR) is 113 cm³/mol. The minimum Gasteiger partial charge on any atom is -0.465 e. The van der Waals surface area contributed by atoms with E-state index in [1.807, 2.05) is 24.3 Å². The Hall–Kier alpha value is -2.42. The molecule has 0 amide bonds. The van der Waals surface area contributed by atoms with Crippen molar-refractivity contribution in [3.8, 4) is 0 Å². The number of likely N-dealkylation sites (N-methyl/N-ethyl adjacent to an activating group) is 1. The normalized spacial score (nSPS) is 15.3. The predicted octanol–water partition coefficient (Wildman–Crippen LogP) is 1.84. The second kappa shape index (κ2) is 9.39. The van der Waals surface area contributed by atoms with Crippen LogP contribution in [0.15, 0.2) is 48.5 Å². The van der Waals surface area contributed by atoms with E-state index in [0.717, 1.165) is 37.4 Å². The third kappa shape index (κ3) is 6.03. The van der Waals surface area contributed by atoms with Crippen LogP contribution in [0.4, 0.5) is 5.69 Å². The number of benzene rings is 2. The summed E-state index contributed by atoms with van der Waals surface area (Å²) < 4.78 is 32.0. The first-order chi connectivity index (χ1) is 13.9. The van der Waals surface area contributed by atoms with Crippen molar-refractivity contribution >= 4 is 21.7 Å². The molecule has 29 heavy (non-hydrogen) atoms. The summed E-state index contributed by atoms with van der Waals surface area (Å²) in [6.07, 6.45) is 0. The van der Waals surface area contributed by atoms with E-state index in [9.17, 15) is 13.2 Å². The van der Waals surface area contributed by atoms with E-state index in [1.165, 1.54) is 7.11 Å². The van der Waals surface area contributed by atoms with Crippen molar-refractivity contribution < 1.29 is 17.9 Å². The minimum absolute atomic E-state index is 0.145. The van der Waals surface area contributed by atoms with Crippen LogP contribution in [0, 0.1) is 0 Å². The monoisotopic (exact) mass is 417 g/mol. The van der Waals surface area contributed by atoms with Crippen molar-refractivity contribution in [2.45, 2.75) is 12.3 Å². The molecule has 0 spiro atoms. The van der Waals surface area contributed by atoms with Crippen LogP contribution in [0.2, 0.25) is 0 Å². The van der Waals surface area contributed by atoms with Crippen molar-refractivity contribution in [3.05, 3.63) is 65.2 Å². The molecule has 0 unspecified atom stereocenters. The van der Waals surface area contributed by atoms with Gasteiger partial charge in [-0.15, -0.1) is 0 Å². The molecule has 1 aliphatic rings. The summed E-state index contributed by atoms with van der Waals surface area (Å²) in [7, 11) is -0.0575. The lowest BCUT2D eigenvalue weighted by Gasteiger charge is -2.34. The molecule has 3 rings (SSSR count). The lowest BCUT2D eigenvalue weighted by molar-refractivity contribution is 0.0600. The first kappa shape index (κ1) is 21.3. The Bertz CT molecular complexity index is 919. The Balaban J connectivity index is 1.54. The Morgan fingerprint density at radius 3 is 2.14 bits per heavy atom. The number of piperazine rings is 1. The Morgan fingerprint density at radius 1 is 0.966 bits per heavy atom. The molecule has 0 bridgehead atoms. The second-order valence-corrected chi connectivity index (χ2v) is 9.03. The maximum atomic E-state index is 12.4. The average molecular weight is 418 g/mol. The zero-order valence-electron chi connectivity index (χ0n) is 16.8. The van der Waals surface area contributed by atoms with E-state index >= 15 is 0 Å². The molecule has 1 heterocycles. The number of hydrogen-bond donors (Lipinski definition) is 1. The molecule has 1 fully saturated rings. The molecule has 0 aliphatic carbocycles. The van der Waals surface area contributed by atoms with E-state index in [2.05, 4.69) is 26.3 Å². The van der Waals surface area contributed by atoms with Gasteiger partial charge in [0.2, 0.25) is 10.0 Å². The Morgan fingerprint density at radius 2 is 1.55 bits per heavy atom. The molecule has 156 valence electrons. The maximum Gasteiger partial charge on any atom is 0.337 e. The Kier molecular flexibility index (Phi) is 6.89. The van der Waals surface area contributed by atoms with Crippen LogP contribution < -0.4 is 9.62 Å². The highest BCUT2D eigenvalue weighted by atomic mass is 32.2. The molecule has 7 nitrogen and oxygen atoms in total. The second-order valence-electron chi connectivity index (χ2n) is 7.23. The number of nitrogens with zero attached hydrogens (tertiary/aromatic N) is 2. The van der Waals surface area contributed by atoms with Gasteiger partial charge in [-0.1, -0.05) is 24.3 Å². The summed E-state index contributed by atoms with van der Waals surface area (Å²) in [6.45, 7) is 4.32. The summed E-state index contributed by atoms with van der Waals surface area (Å²) in [5, 5.41) is 0. The summed E-state index contributed by atoms with van der Waals surface area (Å²) in [6, 6.07) is 14.4.